The monoisotopic (exact) mass is 234 g/mol. The normalized spacial score (nSPS) is 16.9. The fourth-order valence-corrected chi connectivity index (χ4v) is 1.80. The molecule has 1 aliphatic rings. The fourth-order valence-electron chi connectivity index (χ4n) is 1.80. The van der Waals surface area contributed by atoms with Crippen LogP contribution in [0.1, 0.15) is 12.8 Å². The Morgan fingerprint density at radius 2 is 2.18 bits per heavy atom. The van der Waals surface area contributed by atoms with E-state index < -0.39 is 0 Å². The number of hydrogen-bond donors (Lipinski definition) is 2. The molecule has 0 aliphatic carbocycles. The third-order valence-corrected chi connectivity index (χ3v) is 2.77. The van der Waals surface area contributed by atoms with Gasteiger partial charge in [-0.05, 0) is 30.5 Å². The van der Waals surface area contributed by atoms with Crippen molar-refractivity contribution in [2.45, 2.75) is 18.9 Å². The first-order chi connectivity index (χ1) is 8.40. The molecule has 1 unspecified atom stereocenters. The number of nitrogens with one attached hydrogen (secondary N) is 1. The molecule has 0 saturated carbocycles. The van der Waals surface area contributed by atoms with Crippen LogP contribution in [0.5, 0.6) is 5.75 Å². The quantitative estimate of drug-likeness (QED) is 0.600. The van der Waals surface area contributed by atoms with Gasteiger partial charge in [-0.1, -0.05) is 18.2 Å². The summed E-state index contributed by atoms with van der Waals surface area (Å²) >= 11 is 0. The number of ether oxygens (including phenoxy) is 2. The summed E-state index contributed by atoms with van der Waals surface area (Å²) in [5.41, 5.74) is 3.93. The van der Waals surface area contributed by atoms with E-state index >= 15 is 0 Å². The maximum Gasteiger partial charge on any atom is 0.119 e. The number of hydrazine groups is 1. The van der Waals surface area contributed by atoms with Crippen molar-refractivity contribution in [3.8, 4) is 5.75 Å². The van der Waals surface area contributed by atoms with Crippen LogP contribution in [0.15, 0.2) is 42.2 Å². The molecule has 0 bridgehead atoms. The van der Waals surface area contributed by atoms with Crippen molar-refractivity contribution >= 4 is 0 Å². The Labute approximate surface area is 101 Å². The highest BCUT2D eigenvalue weighted by atomic mass is 16.5. The fraction of sp³-hybridized carbons (Fsp3) is 0.385. The lowest BCUT2D eigenvalue weighted by atomic mass is 10.0. The topological polar surface area (TPSA) is 56.5 Å². The van der Waals surface area contributed by atoms with Gasteiger partial charge in [-0.15, -0.1) is 0 Å². The van der Waals surface area contributed by atoms with Gasteiger partial charge in [0.25, 0.3) is 0 Å². The van der Waals surface area contributed by atoms with Gasteiger partial charge in [-0.25, -0.2) is 5.43 Å². The lowest BCUT2D eigenvalue weighted by molar-refractivity contribution is 0.209. The molecule has 17 heavy (non-hydrogen) atoms. The van der Waals surface area contributed by atoms with Crippen LogP contribution < -0.4 is 16.0 Å². The molecule has 0 saturated heterocycles. The summed E-state index contributed by atoms with van der Waals surface area (Å²) in [5.74, 6) is 6.39. The average Bonchev–Trinajstić information content (AvgIpc) is 2.42. The Kier molecular flexibility index (Phi) is 4.41. The third-order valence-electron chi connectivity index (χ3n) is 2.77. The van der Waals surface area contributed by atoms with E-state index in [0.717, 1.165) is 30.8 Å². The van der Waals surface area contributed by atoms with Crippen LogP contribution in [0.2, 0.25) is 0 Å². The predicted octanol–water partition coefficient (Wildman–Crippen LogP) is 1.59. The number of nitrogens with two attached hydrogens (primary N) is 1. The second-order valence-electron chi connectivity index (χ2n) is 4.01. The molecule has 0 fully saturated rings. The van der Waals surface area contributed by atoms with Crippen molar-refractivity contribution < 1.29 is 9.47 Å². The van der Waals surface area contributed by atoms with Gasteiger partial charge in [-0.2, -0.15) is 0 Å². The summed E-state index contributed by atoms with van der Waals surface area (Å²) in [6.07, 6.45) is 3.84. The van der Waals surface area contributed by atoms with Gasteiger partial charge in [0.05, 0.1) is 18.9 Å². The van der Waals surface area contributed by atoms with Crippen molar-refractivity contribution in [3.05, 3.63) is 42.2 Å². The second-order valence-corrected chi connectivity index (χ2v) is 4.01. The van der Waals surface area contributed by atoms with Gasteiger partial charge in [0.2, 0.25) is 0 Å². The molecule has 4 nitrogen and oxygen atoms in total. The van der Waals surface area contributed by atoms with E-state index in [1.807, 2.05) is 30.3 Å². The van der Waals surface area contributed by atoms with Gasteiger partial charge in [-0.3, -0.25) is 5.84 Å². The van der Waals surface area contributed by atoms with Crippen LogP contribution in [0.3, 0.4) is 0 Å². The van der Waals surface area contributed by atoms with Crippen molar-refractivity contribution in [3.63, 3.8) is 0 Å². The minimum Gasteiger partial charge on any atom is -0.501 e. The van der Waals surface area contributed by atoms with Crippen LogP contribution in [-0.4, -0.2) is 19.3 Å². The summed E-state index contributed by atoms with van der Waals surface area (Å²) in [4.78, 5) is 0. The average molecular weight is 234 g/mol. The van der Waals surface area contributed by atoms with E-state index in [1.165, 1.54) is 0 Å². The molecule has 1 atom stereocenters. The number of para-hydroxylation sites is 1. The van der Waals surface area contributed by atoms with E-state index in [2.05, 4.69) is 5.43 Å². The summed E-state index contributed by atoms with van der Waals surface area (Å²) in [5, 5.41) is 0. The molecule has 1 aliphatic heterocycles. The lowest BCUT2D eigenvalue weighted by Crippen LogP contribution is -2.41. The van der Waals surface area contributed by atoms with Gasteiger partial charge in [0, 0.05) is 0 Å². The van der Waals surface area contributed by atoms with Crippen molar-refractivity contribution in [2.75, 3.05) is 13.2 Å². The molecular formula is C13H18N2O2. The Hall–Kier alpha value is -1.52. The maximum absolute atomic E-state index is 5.67. The summed E-state index contributed by atoms with van der Waals surface area (Å²) in [6.45, 7) is 1.30. The van der Waals surface area contributed by atoms with E-state index in [1.54, 1.807) is 6.26 Å². The van der Waals surface area contributed by atoms with E-state index in [9.17, 15) is 0 Å². The molecular weight excluding hydrogens is 216 g/mol. The van der Waals surface area contributed by atoms with Gasteiger partial charge in [0.1, 0.15) is 12.4 Å². The highest BCUT2D eigenvalue weighted by molar-refractivity contribution is 5.21. The Morgan fingerprint density at radius 1 is 1.35 bits per heavy atom. The minimum atomic E-state index is 0.00973. The zero-order chi connectivity index (χ0) is 11.9. The highest BCUT2D eigenvalue weighted by Crippen LogP contribution is 2.17. The van der Waals surface area contributed by atoms with Crippen LogP contribution in [0, 0.1) is 0 Å². The molecule has 1 heterocycles. The second kappa shape index (κ2) is 6.27. The molecule has 4 heteroatoms. The molecule has 0 radical (unpaired) electrons. The first-order valence-electron chi connectivity index (χ1n) is 5.84. The standard InChI is InChI=1S/C13H18N2O2/c14-15-13(11-5-4-8-16-9-11)10-17-12-6-2-1-3-7-12/h1-3,6-7,9,13,15H,4-5,8,10,14H2. The predicted molar refractivity (Wildman–Crippen MR) is 66.3 cm³/mol. The molecule has 92 valence electrons. The number of benzene rings is 1. The molecule has 2 rings (SSSR count). The first kappa shape index (κ1) is 12.0. The van der Waals surface area contributed by atoms with Crippen molar-refractivity contribution in [1.29, 1.82) is 0 Å². The maximum atomic E-state index is 5.67. The smallest absolute Gasteiger partial charge is 0.119 e. The van der Waals surface area contributed by atoms with Gasteiger partial charge in [0.15, 0.2) is 0 Å². The molecule has 1 aromatic rings. The Balaban J connectivity index is 1.89. The lowest BCUT2D eigenvalue weighted by Gasteiger charge is -2.22. The molecule has 0 spiro atoms. The zero-order valence-electron chi connectivity index (χ0n) is 9.76. The Bertz CT molecular complexity index is 365. The minimum absolute atomic E-state index is 0.00973. The first-order valence-corrected chi connectivity index (χ1v) is 5.84. The summed E-state index contributed by atoms with van der Waals surface area (Å²) in [6, 6.07) is 9.73. The zero-order valence-corrected chi connectivity index (χ0v) is 9.76. The third kappa shape index (κ3) is 3.47. The van der Waals surface area contributed by atoms with Crippen LogP contribution in [0.4, 0.5) is 0 Å². The van der Waals surface area contributed by atoms with Crippen LogP contribution in [0.25, 0.3) is 0 Å². The van der Waals surface area contributed by atoms with Crippen LogP contribution in [-0.2, 0) is 4.74 Å². The van der Waals surface area contributed by atoms with Crippen molar-refractivity contribution in [1.82, 2.24) is 5.43 Å². The number of hydrogen-bond acceptors (Lipinski definition) is 4. The van der Waals surface area contributed by atoms with Crippen molar-refractivity contribution in [2.24, 2.45) is 5.84 Å². The van der Waals surface area contributed by atoms with E-state index in [0.29, 0.717) is 6.61 Å². The van der Waals surface area contributed by atoms with Gasteiger partial charge >= 0.3 is 0 Å². The van der Waals surface area contributed by atoms with E-state index in [4.69, 9.17) is 15.3 Å². The SMILES string of the molecule is NNC(COc1ccccc1)C1=COCCC1. The molecule has 3 N–H and O–H groups in total. The summed E-state index contributed by atoms with van der Waals surface area (Å²) in [7, 11) is 0. The number of rotatable bonds is 5. The largest absolute Gasteiger partial charge is 0.501 e. The molecule has 1 aromatic carbocycles. The van der Waals surface area contributed by atoms with Crippen LogP contribution >= 0.6 is 0 Å². The molecule has 0 aromatic heterocycles. The Morgan fingerprint density at radius 3 is 2.82 bits per heavy atom. The highest BCUT2D eigenvalue weighted by Gasteiger charge is 2.16. The molecule has 0 amide bonds. The summed E-state index contributed by atoms with van der Waals surface area (Å²) < 4.78 is 11.0. The van der Waals surface area contributed by atoms with E-state index in [-0.39, 0.29) is 6.04 Å². The van der Waals surface area contributed by atoms with Gasteiger partial charge < -0.3 is 9.47 Å².